The fourth-order valence-corrected chi connectivity index (χ4v) is 5.42. The SMILES string of the molecule is Cc1cc(C)c(S(=O)(=O)N(CC(=O)Nc2ccccc2F)Cc2ccccc2)c(C)c1. The normalized spacial score (nSPS) is 11.5. The molecule has 0 unspecified atom stereocenters. The summed E-state index contributed by atoms with van der Waals surface area (Å²) in [5.74, 6) is -1.20. The number of carbonyl (C=O) groups is 1. The molecule has 3 aromatic rings. The third-order valence-corrected chi connectivity index (χ3v) is 6.97. The van der Waals surface area contributed by atoms with Crippen LogP contribution < -0.4 is 5.32 Å². The zero-order valence-electron chi connectivity index (χ0n) is 17.7. The van der Waals surface area contributed by atoms with Crippen LogP contribution in [0.2, 0.25) is 0 Å². The first kappa shape index (κ1) is 22.7. The minimum atomic E-state index is -4.00. The molecule has 3 rings (SSSR count). The van der Waals surface area contributed by atoms with E-state index in [1.54, 1.807) is 44.2 Å². The zero-order valence-corrected chi connectivity index (χ0v) is 18.5. The average Bonchev–Trinajstić information content (AvgIpc) is 2.69. The highest BCUT2D eigenvalue weighted by molar-refractivity contribution is 7.89. The van der Waals surface area contributed by atoms with Gasteiger partial charge in [0.2, 0.25) is 15.9 Å². The number of aryl methyl sites for hydroxylation is 3. The van der Waals surface area contributed by atoms with Crippen molar-refractivity contribution in [1.29, 1.82) is 0 Å². The number of benzene rings is 3. The van der Waals surface area contributed by atoms with Crippen molar-refractivity contribution in [3.05, 3.63) is 94.8 Å². The predicted molar refractivity (Wildman–Crippen MR) is 120 cm³/mol. The second kappa shape index (κ2) is 9.41. The predicted octanol–water partition coefficient (Wildman–Crippen LogP) is 4.58. The van der Waals surface area contributed by atoms with Crippen LogP contribution in [-0.4, -0.2) is 25.2 Å². The van der Waals surface area contributed by atoms with Crippen molar-refractivity contribution in [2.75, 3.05) is 11.9 Å². The van der Waals surface area contributed by atoms with Crippen molar-refractivity contribution < 1.29 is 17.6 Å². The number of anilines is 1. The topological polar surface area (TPSA) is 66.5 Å². The van der Waals surface area contributed by atoms with Crippen LogP contribution in [0.3, 0.4) is 0 Å². The fraction of sp³-hybridized carbons (Fsp3) is 0.208. The average molecular weight is 441 g/mol. The van der Waals surface area contributed by atoms with Crippen molar-refractivity contribution in [3.63, 3.8) is 0 Å². The third kappa shape index (κ3) is 5.37. The van der Waals surface area contributed by atoms with Crippen LogP contribution in [0.4, 0.5) is 10.1 Å². The lowest BCUT2D eigenvalue weighted by molar-refractivity contribution is -0.116. The molecule has 0 saturated carbocycles. The second-order valence-corrected chi connectivity index (χ2v) is 9.39. The van der Waals surface area contributed by atoms with Gasteiger partial charge in [-0.25, -0.2) is 12.8 Å². The molecular weight excluding hydrogens is 415 g/mol. The summed E-state index contributed by atoms with van der Waals surface area (Å²) in [7, 11) is -4.00. The van der Waals surface area contributed by atoms with E-state index in [1.165, 1.54) is 18.2 Å². The van der Waals surface area contributed by atoms with E-state index >= 15 is 0 Å². The van der Waals surface area contributed by atoms with Gasteiger partial charge in [-0.3, -0.25) is 4.79 Å². The van der Waals surface area contributed by atoms with Gasteiger partial charge in [0.05, 0.1) is 17.1 Å². The van der Waals surface area contributed by atoms with Gasteiger partial charge in [0.15, 0.2) is 0 Å². The fourth-order valence-electron chi connectivity index (χ4n) is 3.63. The maximum absolute atomic E-state index is 13.9. The van der Waals surface area contributed by atoms with E-state index in [-0.39, 0.29) is 17.1 Å². The lowest BCUT2D eigenvalue weighted by atomic mass is 10.1. The number of hydrogen-bond acceptors (Lipinski definition) is 3. The van der Waals surface area contributed by atoms with E-state index in [1.807, 2.05) is 25.1 Å². The molecule has 1 N–H and O–H groups in total. The van der Waals surface area contributed by atoms with E-state index in [9.17, 15) is 17.6 Å². The molecule has 0 radical (unpaired) electrons. The molecule has 0 atom stereocenters. The second-order valence-electron chi connectivity index (χ2n) is 7.51. The van der Waals surface area contributed by atoms with Crippen LogP contribution in [-0.2, 0) is 21.4 Å². The maximum Gasteiger partial charge on any atom is 0.244 e. The first-order chi connectivity index (χ1) is 14.7. The number of rotatable bonds is 7. The molecule has 7 heteroatoms. The molecule has 162 valence electrons. The first-order valence-electron chi connectivity index (χ1n) is 9.85. The third-order valence-electron chi connectivity index (χ3n) is 4.87. The number of carbonyl (C=O) groups excluding carboxylic acids is 1. The van der Waals surface area contributed by atoms with Gasteiger partial charge in [-0.05, 0) is 49.6 Å². The molecule has 0 fully saturated rings. The highest BCUT2D eigenvalue weighted by atomic mass is 32.2. The van der Waals surface area contributed by atoms with E-state index in [4.69, 9.17) is 0 Å². The van der Waals surface area contributed by atoms with Crippen LogP contribution >= 0.6 is 0 Å². The minimum absolute atomic E-state index is 0.00672. The molecule has 1 amide bonds. The van der Waals surface area contributed by atoms with Gasteiger partial charge in [-0.1, -0.05) is 60.2 Å². The van der Waals surface area contributed by atoms with Gasteiger partial charge in [-0.15, -0.1) is 0 Å². The van der Waals surface area contributed by atoms with Gasteiger partial charge in [0.25, 0.3) is 0 Å². The van der Waals surface area contributed by atoms with Crippen LogP contribution in [0.1, 0.15) is 22.3 Å². The molecule has 0 aliphatic heterocycles. The number of nitrogens with zero attached hydrogens (tertiary/aromatic N) is 1. The number of amides is 1. The Morgan fingerprint density at radius 3 is 2.13 bits per heavy atom. The van der Waals surface area contributed by atoms with Gasteiger partial charge >= 0.3 is 0 Å². The molecule has 0 heterocycles. The summed E-state index contributed by atoms with van der Waals surface area (Å²) < 4.78 is 42.3. The number of nitrogens with one attached hydrogen (secondary N) is 1. The van der Waals surface area contributed by atoms with E-state index in [0.29, 0.717) is 11.1 Å². The summed E-state index contributed by atoms with van der Waals surface area (Å²) >= 11 is 0. The lowest BCUT2D eigenvalue weighted by Crippen LogP contribution is -2.38. The van der Waals surface area contributed by atoms with Gasteiger partial charge < -0.3 is 5.32 Å². The highest BCUT2D eigenvalue weighted by Gasteiger charge is 2.30. The van der Waals surface area contributed by atoms with Crippen molar-refractivity contribution >= 4 is 21.6 Å². The molecule has 0 aliphatic carbocycles. The van der Waals surface area contributed by atoms with Crippen LogP contribution in [0.25, 0.3) is 0 Å². The molecular formula is C24H25FN2O3S. The maximum atomic E-state index is 13.9. The summed E-state index contributed by atoms with van der Waals surface area (Å²) in [5, 5.41) is 2.47. The molecule has 3 aromatic carbocycles. The summed E-state index contributed by atoms with van der Waals surface area (Å²) in [6.45, 7) is 4.96. The largest absolute Gasteiger partial charge is 0.322 e. The Morgan fingerprint density at radius 2 is 1.52 bits per heavy atom. The monoisotopic (exact) mass is 440 g/mol. The van der Waals surface area contributed by atoms with E-state index in [2.05, 4.69) is 5.32 Å². The Bertz CT molecular complexity index is 1170. The molecule has 0 saturated heterocycles. The minimum Gasteiger partial charge on any atom is -0.322 e. The van der Waals surface area contributed by atoms with Crippen molar-refractivity contribution in [2.45, 2.75) is 32.2 Å². The van der Waals surface area contributed by atoms with Crippen molar-refractivity contribution in [1.82, 2.24) is 4.31 Å². The standard InChI is InChI=1S/C24H25FN2O3S/c1-17-13-18(2)24(19(3)14-17)31(29,30)27(15-20-9-5-4-6-10-20)16-23(28)26-22-12-8-7-11-21(22)25/h4-14H,15-16H2,1-3H3,(H,26,28). The Labute approximate surface area is 182 Å². The molecule has 5 nitrogen and oxygen atoms in total. The molecule has 0 spiro atoms. The quantitative estimate of drug-likeness (QED) is 0.585. The number of sulfonamides is 1. The smallest absolute Gasteiger partial charge is 0.244 e. The number of hydrogen-bond donors (Lipinski definition) is 1. The molecule has 0 bridgehead atoms. The van der Waals surface area contributed by atoms with Crippen LogP contribution in [0.5, 0.6) is 0 Å². The summed E-state index contributed by atoms with van der Waals surface area (Å²) in [6.07, 6.45) is 0. The summed E-state index contributed by atoms with van der Waals surface area (Å²) in [5.41, 5.74) is 2.94. The first-order valence-corrected chi connectivity index (χ1v) is 11.3. The number of para-hydroxylation sites is 1. The van der Waals surface area contributed by atoms with E-state index < -0.39 is 28.3 Å². The Kier molecular flexibility index (Phi) is 6.87. The van der Waals surface area contributed by atoms with Crippen molar-refractivity contribution in [3.8, 4) is 0 Å². The lowest BCUT2D eigenvalue weighted by Gasteiger charge is -2.24. The van der Waals surface area contributed by atoms with Gasteiger partial charge in [0.1, 0.15) is 5.82 Å². The highest BCUT2D eigenvalue weighted by Crippen LogP contribution is 2.26. The van der Waals surface area contributed by atoms with Crippen LogP contribution in [0.15, 0.2) is 71.6 Å². The number of halogens is 1. The van der Waals surface area contributed by atoms with Gasteiger partial charge in [-0.2, -0.15) is 4.31 Å². The van der Waals surface area contributed by atoms with Crippen LogP contribution in [0, 0.1) is 26.6 Å². The molecule has 31 heavy (non-hydrogen) atoms. The van der Waals surface area contributed by atoms with Crippen molar-refractivity contribution in [2.24, 2.45) is 0 Å². The molecule has 0 aliphatic rings. The summed E-state index contributed by atoms with van der Waals surface area (Å²) in [4.78, 5) is 12.9. The van der Waals surface area contributed by atoms with Gasteiger partial charge in [0, 0.05) is 6.54 Å². The zero-order chi connectivity index (χ0) is 22.6. The summed E-state index contributed by atoms with van der Waals surface area (Å²) in [6, 6.07) is 18.4. The Hall–Kier alpha value is -3.03. The Morgan fingerprint density at radius 1 is 0.935 bits per heavy atom. The van der Waals surface area contributed by atoms with E-state index in [0.717, 1.165) is 15.4 Å². The molecule has 0 aromatic heterocycles. The Balaban J connectivity index is 1.96.